The molecule has 0 aliphatic carbocycles. The molecule has 9 nitrogen and oxygen atoms in total. The Kier molecular flexibility index (Phi) is 10.2. The Hall–Kier alpha value is -4.52. The summed E-state index contributed by atoms with van der Waals surface area (Å²) in [6, 6.07) is 18.9. The molecule has 0 radical (unpaired) electrons. The number of carbonyl (C=O) groups excluding carboxylic acids is 1. The maximum Gasteiger partial charge on any atom is 0.573 e. The molecule has 2 amide bonds. The average molecular weight is 653 g/mol. The van der Waals surface area contributed by atoms with Crippen molar-refractivity contribution in [3.8, 4) is 28.6 Å². The molecule has 13 heteroatoms. The van der Waals surface area contributed by atoms with Gasteiger partial charge in [-0.2, -0.15) is 4.99 Å². The fourth-order valence-electron chi connectivity index (χ4n) is 5.06. The SMILES string of the molecule is COc1ccc(N2CCSC2=NC(=O)NCC(C)Cc2ccc(-c3ncn(-c4ccc(OC(F)(F)F)cc4)n3)cc2)c(C(C)C)c1. The Balaban J connectivity index is 1.14. The summed E-state index contributed by atoms with van der Waals surface area (Å²) in [5.41, 5.74) is 4.62. The number of benzene rings is 3. The lowest BCUT2D eigenvalue weighted by Gasteiger charge is -2.23. The molecule has 0 bridgehead atoms. The van der Waals surface area contributed by atoms with Gasteiger partial charge in [0.05, 0.1) is 12.8 Å². The van der Waals surface area contributed by atoms with Gasteiger partial charge in [0.25, 0.3) is 0 Å². The van der Waals surface area contributed by atoms with Gasteiger partial charge < -0.3 is 19.7 Å². The first-order chi connectivity index (χ1) is 22.0. The molecule has 3 aromatic carbocycles. The fourth-order valence-corrected chi connectivity index (χ4v) is 6.01. The first-order valence-electron chi connectivity index (χ1n) is 14.8. The Bertz CT molecular complexity index is 1670. The number of ether oxygens (including phenoxy) is 2. The summed E-state index contributed by atoms with van der Waals surface area (Å²) in [5.74, 6) is 2.28. The third-order valence-corrected chi connectivity index (χ3v) is 8.30. The summed E-state index contributed by atoms with van der Waals surface area (Å²) >= 11 is 1.57. The topological polar surface area (TPSA) is 93.9 Å². The molecule has 2 heterocycles. The molecule has 242 valence electrons. The number of urea groups is 1. The van der Waals surface area contributed by atoms with E-state index in [2.05, 4.69) is 50.8 Å². The molecule has 1 unspecified atom stereocenters. The van der Waals surface area contributed by atoms with E-state index in [4.69, 9.17) is 4.74 Å². The van der Waals surface area contributed by atoms with Crippen molar-refractivity contribution in [3.63, 3.8) is 0 Å². The van der Waals surface area contributed by atoms with Crippen LogP contribution in [0.3, 0.4) is 0 Å². The molecule has 1 aromatic heterocycles. The first kappa shape index (κ1) is 32.9. The van der Waals surface area contributed by atoms with Gasteiger partial charge in [-0.25, -0.2) is 14.5 Å². The number of amides is 2. The van der Waals surface area contributed by atoms with Crippen LogP contribution in [-0.4, -0.2) is 58.3 Å². The molecule has 1 aliphatic rings. The van der Waals surface area contributed by atoms with Crippen LogP contribution in [0.2, 0.25) is 0 Å². The summed E-state index contributed by atoms with van der Waals surface area (Å²) in [7, 11) is 1.66. The molecule has 4 aromatic rings. The number of hydrogen-bond donors (Lipinski definition) is 1. The van der Waals surface area contributed by atoms with Gasteiger partial charge in [0, 0.05) is 30.1 Å². The van der Waals surface area contributed by atoms with E-state index in [0.29, 0.717) is 23.2 Å². The van der Waals surface area contributed by atoms with Crippen molar-refractivity contribution in [2.24, 2.45) is 10.9 Å². The second-order valence-corrected chi connectivity index (χ2v) is 12.3. The third kappa shape index (κ3) is 8.39. The van der Waals surface area contributed by atoms with Crippen molar-refractivity contribution < 1.29 is 27.4 Å². The van der Waals surface area contributed by atoms with Gasteiger partial charge in [-0.15, -0.1) is 18.3 Å². The molecule has 0 spiro atoms. The van der Waals surface area contributed by atoms with Gasteiger partial charge in [-0.3, -0.25) is 0 Å². The van der Waals surface area contributed by atoms with Crippen LogP contribution in [0.25, 0.3) is 17.1 Å². The summed E-state index contributed by atoms with van der Waals surface area (Å²) < 4.78 is 48.1. The molecule has 1 saturated heterocycles. The van der Waals surface area contributed by atoms with Crippen LogP contribution < -0.4 is 19.7 Å². The molecular formula is C33H35F3N6O3S. The number of hydrogen-bond acceptors (Lipinski definition) is 6. The number of aromatic nitrogens is 3. The summed E-state index contributed by atoms with van der Waals surface area (Å²) in [5, 5.41) is 8.10. The summed E-state index contributed by atoms with van der Waals surface area (Å²) in [4.78, 5) is 23.6. The van der Waals surface area contributed by atoms with E-state index in [1.54, 1.807) is 18.9 Å². The quantitative estimate of drug-likeness (QED) is 0.190. The first-order valence-corrected chi connectivity index (χ1v) is 15.8. The molecule has 1 N–H and O–H groups in total. The van der Waals surface area contributed by atoms with Crippen LogP contribution in [0, 0.1) is 5.92 Å². The molecular weight excluding hydrogens is 617 g/mol. The van der Waals surface area contributed by atoms with E-state index in [1.807, 2.05) is 42.5 Å². The molecule has 46 heavy (non-hydrogen) atoms. The predicted molar refractivity (Wildman–Crippen MR) is 174 cm³/mol. The monoisotopic (exact) mass is 652 g/mol. The minimum absolute atomic E-state index is 0.165. The smallest absolute Gasteiger partial charge is 0.497 e. The van der Waals surface area contributed by atoms with Crippen molar-refractivity contribution in [1.82, 2.24) is 20.1 Å². The van der Waals surface area contributed by atoms with Crippen molar-refractivity contribution in [2.45, 2.75) is 39.5 Å². The number of nitrogens with zero attached hydrogens (tertiary/aromatic N) is 5. The Morgan fingerprint density at radius 3 is 2.43 bits per heavy atom. The largest absolute Gasteiger partial charge is 0.573 e. The zero-order valence-electron chi connectivity index (χ0n) is 25.9. The van der Waals surface area contributed by atoms with Crippen LogP contribution in [0.5, 0.6) is 11.5 Å². The molecule has 1 atom stereocenters. The summed E-state index contributed by atoms with van der Waals surface area (Å²) in [6.07, 6.45) is -2.50. The lowest BCUT2D eigenvalue weighted by Crippen LogP contribution is -2.30. The van der Waals surface area contributed by atoms with Crippen molar-refractivity contribution in [2.75, 3.05) is 30.9 Å². The average Bonchev–Trinajstić information content (AvgIpc) is 3.70. The number of methoxy groups -OCH3 is 1. The number of aliphatic imine (C=N–C) groups is 1. The Morgan fingerprint density at radius 1 is 1.04 bits per heavy atom. The third-order valence-electron chi connectivity index (χ3n) is 7.35. The normalized spacial score (nSPS) is 15.0. The van der Waals surface area contributed by atoms with Crippen LogP contribution in [0.15, 0.2) is 78.0 Å². The number of nitrogens with one attached hydrogen (secondary N) is 1. The van der Waals surface area contributed by atoms with Crippen LogP contribution >= 0.6 is 11.8 Å². The van der Waals surface area contributed by atoms with Crippen LogP contribution in [-0.2, 0) is 6.42 Å². The maximum absolute atomic E-state index is 12.8. The zero-order valence-corrected chi connectivity index (χ0v) is 26.7. The van der Waals surface area contributed by atoms with Crippen molar-refractivity contribution in [1.29, 1.82) is 0 Å². The highest BCUT2D eigenvalue weighted by Crippen LogP contribution is 2.35. The van der Waals surface area contributed by atoms with E-state index < -0.39 is 6.36 Å². The number of rotatable bonds is 10. The highest BCUT2D eigenvalue weighted by Gasteiger charge is 2.31. The number of anilines is 1. The van der Waals surface area contributed by atoms with Gasteiger partial charge in [-0.1, -0.05) is 56.8 Å². The van der Waals surface area contributed by atoms with E-state index >= 15 is 0 Å². The number of amidine groups is 1. The summed E-state index contributed by atoms with van der Waals surface area (Å²) in [6.45, 7) is 7.59. The van der Waals surface area contributed by atoms with Gasteiger partial charge in [0.2, 0.25) is 0 Å². The van der Waals surface area contributed by atoms with Crippen LogP contribution in [0.4, 0.5) is 23.7 Å². The predicted octanol–water partition coefficient (Wildman–Crippen LogP) is 7.46. The highest BCUT2D eigenvalue weighted by molar-refractivity contribution is 8.14. The van der Waals surface area contributed by atoms with E-state index in [9.17, 15) is 18.0 Å². The van der Waals surface area contributed by atoms with E-state index in [1.165, 1.54) is 35.3 Å². The number of halogens is 3. The molecule has 1 aliphatic heterocycles. The maximum atomic E-state index is 12.8. The van der Waals surface area contributed by atoms with E-state index in [0.717, 1.165) is 46.8 Å². The molecule has 1 fully saturated rings. The lowest BCUT2D eigenvalue weighted by atomic mass is 10.00. The fraction of sp³-hybridized carbons (Fsp3) is 0.333. The van der Waals surface area contributed by atoms with Crippen LogP contribution in [0.1, 0.15) is 37.8 Å². The minimum atomic E-state index is -4.75. The van der Waals surface area contributed by atoms with Gasteiger partial charge in [-0.05, 0) is 71.8 Å². The lowest BCUT2D eigenvalue weighted by molar-refractivity contribution is -0.274. The van der Waals surface area contributed by atoms with Gasteiger partial charge in [0.15, 0.2) is 11.0 Å². The molecule has 0 saturated carbocycles. The Labute approximate surface area is 269 Å². The van der Waals surface area contributed by atoms with Gasteiger partial charge >= 0.3 is 12.4 Å². The number of alkyl halides is 3. The second kappa shape index (κ2) is 14.3. The number of thioether (sulfide) groups is 1. The van der Waals surface area contributed by atoms with Gasteiger partial charge in [0.1, 0.15) is 17.8 Å². The molecule has 5 rings (SSSR count). The standard InChI is InChI=1S/C33H35F3N6O3S/c1-21(2)28-18-27(44-4)13-14-29(28)41-15-16-46-32(41)39-31(43)37-19-22(3)17-23-5-7-24(8-6-23)30-38-20-42(40-30)25-9-11-26(12-10-25)45-33(34,35)36/h5-14,18,20-22H,15-17,19H2,1-4H3,(H,37,43). The second-order valence-electron chi connectivity index (χ2n) is 11.2. The van der Waals surface area contributed by atoms with E-state index in [-0.39, 0.29) is 23.6 Å². The van der Waals surface area contributed by atoms with Crippen molar-refractivity contribution >= 4 is 28.6 Å². The Morgan fingerprint density at radius 2 is 1.76 bits per heavy atom. The number of carbonyl (C=O) groups is 1. The highest BCUT2D eigenvalue weighted by atomic mass is 32.2. The minimum Gasteiger partial charge on any atom is -0.497 e. The van der Waals surface area contributed by atoms with Crippen molar-refractivity contribution in [3.05, 3.63) is 84.2 Å². The zero-order chi connectivity index (χ0) is 32.8.